The molecule has 0 spiro atoms. The minimum Gasteiger partial charge on any atom is -0.251 e. The zero-order chi connectivity index (χ0) is 15.5. The van der Waals surface area contributed by atoms with Crippen LogP contribution in [0.1, 0.15) is 30.0 Å². The van der Waals surface area contributed by atoms with Gasteiger partial charge in [0.15, 0.2) is 0 Å². The molecule has 5 heteroatoms. The molecule has 1 aromatic carbocycles. The van der Waals surface area contributed by atoms with Crippen molar-refractivity contribution < 1.29 is 0 Å². The molecule has 2 nitrogen and oxygen atoms in total. The van der Waals surface area contributed by atoms with Crippen molar-refractivity contribution in [1.29, 1.82) is 5.26 Å². The molecule has 2 heterocycles. The van der Waals surface area contributed by atoms with Gasteiger partial charge in [0.05, 0.1) is 16.3 Å². The predicted molar refractivity (Wildman–Crippen MR) is 96.4 cm³/mol. The van der Waals surface area contributed by atoms with E-state index in [0.29, 0.717) is 22.2 Å². The van der Waals surface area contributed by atoms with Crippen molar-refractivity contribution >= 4 is 39.3 Å². The summed E-state index contributed by atoms with van der Waals surface area (Å²) in [5.74, 6) is 2.77. The van der Waals surface area contributed by atoms with E-state index < -0.39 is 0 Å². The fourth-order valence-electron chi connectivity index (χ4n) is 2.66. The maximum atomic E-state index is 9.43. The van der Waals surface area contributed by atoms with Crippen molar-refractivity contribution in [2.24, 2.45) is 0 Å². The predicted octanol–water partition coefficient (Wildman–Crippen LogP) is 5.65. The molecule has 0 radical (unpaired) electrons. The topological polar surface area (TPSA) is 36.7 Å². The monoisotopic (exact) mass is 392 g/mol. The van der Waals surface area contributed by atoms with Crippen LogP contribution in [0.2, 0.25) is 5.02 Å². The lowest BCUT2D eigenvalue weighted by Crippen LogP contribution is -2.10. The summed E-state index contributed by atoms with van der Waals surface area (Å²) in [6.45, 7) is 0. The molecule has 3 rings (SSSR count). The van der Waals surface area contributed by atoms with Gasteiger partial charge in [-0.25, -0.2) is 0 Å². The van der Waals surface area contributed by atoms with Gasteiger partial charge in [0.25, 0.3) is 0 Å². The third kappa shape index (κ3) is 3.32. The lowest BCUT2D eigenvalue weighted by molar-refractivity contribution is 0.620. The molecular weight excluding hydrogens is 380 g/mol. The molecule has 112 valence electrons. The number of nitrogens with zero attached hydrogens (tertiary/aromatic N) is 2. The molecule has 0 aliphatic carbocycles. The zero-order valence-corrected chi connectivity index (χ0v) is 15.0. The summed E-state index contributed by atoms with van der Waals surface area (Å²) in [6, 6.07) is 11.9. The second-order valence-corrected chi connectivity index (χ2v) is 7.81. The van der Waals surface area contributed by atoms with Crippen LogP contribution in [0.3, 0.4) is 0 Å². The summed E-state index contributed by atoms with van der Waals surface area (Å²) in [5.41, 5.74) is 3.09. The van der Waals surface area contributed by atoms with E-state index in [9.17, 15) is 5.26 Å². The molecule has 22 heavy (non-hydrogen) atoms. The van der Waals surface area contributed by atoms with Gasteiger partial charge in [-0.15, -0.1) is 0 Å². The van der Waals surface area contributed by atoms with E-state index in [-0.39, 0.29) is 0 Å². The van der Waals surface area contributed by atoms with Gasteiger partial charge in [-0.05, 0) is 42.5 Å². The number of rotatable bonds is 2. The van der Waals surface area contributed by atoms with E-state index in [1.54, 1.807) is 0 Å². The Morgan fingerprint density at radius 3 is 2.55 bits per heavy atom. The highest BCUT2D eigenvalue weighted by Gasteiger charge is 2.21. The van der Waals surface area contributed by atoms with E-state index >= 15 is 0 Å². The van der Waals surface area contributed by atoms with Crippen LogP contribution in [-0.4, -0.2) is 16.5 Å². The molecule has 0 N–H and O–H groups in total. The van der Waals surface area contributed by atoms with Crippen LogP contribution < -0.4 is 0 Å². The number of nitriles is 1. The normalized spacial score (nSPS) is 15.5. The van der Waals surface area contributed by atoms with Crippen LogP contribution in [0.5, 0.6) is 0 Å². The van der Waals surface area contributed by atoms with Gasteiger partial charge in [-0.2, -0.15) is 17.0 Å². The number of aromatic nitrogens is 1. The van der Waals surface area contributed by atoms with Crippen molar-refractivity contribution in [2.75, 3.05) is 11.5 Å². The largest absolute Gasteiger partial charge is 0.251 e. The zero-order valence-electron chi connectivity index (χ0n) is 11.9. The Kier molecular flexibility index (Phi) is 5.07. The molecule has 1 aliphatic heterocycles. The lowest BCUT2D eigenvalue weighted by atomic mass is 9.96. The summed E-state index contributed by atoms with van der Waals surface area (Å²) in [7, 11) is 0. The number of pyridine rings is 1. The smallest absolute Gasteiger partial charge is 0.103 e. The molecule has 0 bridgehead atoms. The maximum absolute atomic E-state index is 9.43. The van der Waals surface area contributed by atoms with Gasteiger partial charge in [0.1, 0.15) is 6.07 Å². The van der Waals surface area contributed by atoms with Gasteiger partial charge < -0.3 is 0 Å². The highest BCUT2D eigenvalue weighted by Crippen LogP contribution is 2.35. The second-order valence-electron chi connectivity index (χ2n) is 5.26. The summed E-state index contributed by atoms with van der Waals surface area (Å²) >= 11 is 11.8. The van der Waals surface area contributed by atoms with Crippen LogP contribution in [0, 0.1) is 11.3 Å². The molecule has 1 aromatic heterocycles. The van der Waals surface area contributed by atoms with Gasteiger partial charge >= 0.3 is 0 Å². The number of halogens is 2. The maximum Gasteiger partial charge on any atom is 0.103 e. The van der Waals surface area contributed by atoms with E-state index in [1.807, 2.05) is 42.1 Å². The average molecular weight is 394 g/mol. The summed E-state index contributed by atoms with van der Waals surface area (Å²) in [5, 5.41) is 9.93. The van der Waals surface area contributed by atoms with Gasteiger partial charge in [0, 0.05) is 21.6 Å². The Morgan fingerprint density at radius 1 is 1.23 bits per heavy atom. The first-order chi connectivity index (χ1) is 10.7. The minimum atomic E-state index is 0.445. The Morgan fingerprint density at radius 2 is 1.91 bits per heavy atom. The molecular formula is C17H14BrClN2S. The van der Waals surface area contributed by atoms with Crippen LogP contribution in [0.4, 0.5) is 0 Å². The van der Waals surface area contributed by atoms with Crippen molar-refractivity contribution in [3.8, 4) is 17.3 Å². The van der Waals surface area contributed by atoms with E-state index in [4.69, 9.17) is 16.6 Å². The van der Waals surface area contributed by atoms with E-state index in [0.717, 1.165) is 40.1 Å². The fraction of sp³-hybridized carbons (Fsp3) is 0.294. The molecule has 1 aliphatic rings. The highest BCUT2D eigenvalue weighted by atomic mass is 79.9. The summed E-state index contributed by atoms with van der Waals surface area (Å²) in [4.78, 5) is 4.80. The van der Waals surface area contributed by atoms with Crippen LogP contribution in [-0.2, 0) is 0 Å². The first-order valence-corrected chi connectivity index (χ1v) is 9.46. The van der Waals surface area contributed by atoms with Gasteiger partial charge in [-0.3, -0.25) is 4.98 Å². The second kappa shape index (κ2) is 7.04. The molecule has 1 saturated heterocycles. The highest BCUT2D eigenvalue weighted by molar-refractivity contribution is 9.10. The van der Waals surface area contributed by atoms with Crippen molar-refractivity contribution in [1.82, 2.24) is 4.98 Å². The number of hydrogen-bond donors (Lipinski definition) is 0. The van der Waals surface area contributed by atoms with Gasteiger partial charge in [0.2, 0.25) is 0 Å². The van der Waals surface area contributed by atoms with Crippen LogP contribution in [0.25, 0.3) is 11.3 Å². The van der Waals surface area contributed by atoms with Crippen molar-refractivity contribution in [2.45, 2.75) is 18.8 Å². The first kappa shape index (κ1) is 15.9. The van der Waals surface area contributed by atoms with Crippen molar-refractivity contribution in [3.63, 3.8) is 0 Å². The number of thioether (sulfide) groups is 1. The Hall–Kier alpha value is -1.02. The van der Waals surface area contributed by atoms with Crippen molar-refractivity contribution in [3.05, 3.63) is 51.1 Å². The Balaban J connectivity index is 2.08. The molecule has 0 amide bonds. The Bertz CT molecular complexity index is 719. The minimum absolute atomic E-state index is 0.445. The third-order valence-corrected chi connectivity index (χ3v) is 5.74. The quantitative estimate of drug-likeness (QED) is 0.662. The van der Waals surface area contributed by atoms with Crippen LogP contribution >= 0.6 is 39.3 Å². The Labute approximate surface area is 148 Å². The first-order valence-electron chi connectivity index (χ1n) is 7.13. The molecule has 0 saturated carbocycles. The van der Waals surface area contributed by atoms with E-state index in [2.05, 4.69) is 22.0 Å². The lowest BCUT2D eigenvalue weighted by Gasteiger charge is -2.22. The fourth-order valence-corrected chi connectivity index (χ4v) is 4.27. The van der Waals surface area contributed by atoms with Crippen LogP contribution in [0.15, 0.2) is 34.8 Å². The molecule has 0 atom stereocenters. The number of hydrogen-bond acceptors (Lipinski definition) is 3. The molecule has 2 aromatic rings. The van der Waals surface area contributed by atoms with E-state index in [1.165, 1.54) is 0 Å². The number of benzene rings is 1. The summed E-state index contributed by atoms with van der Waals surface area (Å²) < 4.78 is 1.00. The molecule has 1 fully saturated rings. The average Bonchev–Trinajstić information content (AvgIpc) is 2.55. The third-order valence-electron chi connectivity index (χ3n) is 3.86. The standard InChI is InChI=1S/C17H14BrClN2S/c18-13-3-1-12(2-4-13)17-14(10-20)15(19)9-16(21-17)11-5-7-22-8-6-11/h1-4,9,11H,5-8H2. The SMILES string of the molecule is N#Cc1c(Cl)cc(C2CCSCC2)nc1-c1ccc(Br)cc1. The molecule has 0 unspecified atom stereocenters. The summed E-state index contributed by atoms with van der Waals surface area (Å²) in [6.07, 6.45) is 2.25. The van der Waals surface area contributed by atoms with Gasteiger partial charge in [-0.1, -0.05) is 39.7 Å².